The van der Waals surface area contributed by atoms with Crippen molar-refractivity contribution in [1.82, 2.24) is 20.4 Å². The topological polar surface area (TPSA) is 87.2 Å². The summed E-state index contributed by atoms with van der Waals surface area (Å²) in [6.07, 6.45) is 2.44. The molecule has 0 saturated carbocycles. The van der Waals surface area contributed by atoms with Gasteiger partial charge in [-0.2, -0.15) is 0 Å². The average Bonchev–Trinajstić information content (AvgIpc) is 3.20. The lowest BCUT2D eigenvalue weighted by atomic mass is 9.98. The number of amides is 3. The Hall–Kier alpha value is -2.55. The van der Waals surface area contributed by atoms with Gasteiger partial charge in [0.05, 0.1) is 5.69 Å². The molecule has 1 unspecified atom stereocenters. The van der Waals surface area contributed by atoms with Crippen LogP contribution in [0, 0.1) is 5.82 Å². The lowest BCUT2D eigenvalue weighted by molar-refractivity contribution is 0.102. The van der Waals surface area contributed by atoms with Crippen molar-refractivity contribution < 1.29 is 14.0 Å². The van der Waals surface area contributed by atoms with Gasteiger partial charge >= 0.3 is 6.03 Å². The Balaban J connectivity index is 1.55. The zero-order valence-corrected chi connectivity index (χ0v) is 16.8. The Morgan fingerprint density at radius 3 is 2.68 bits per heavy atom. The summed E-state index contributed by atoms with van der Waals surface area (Å²) in [5.41, 5.74) is 0.116. The molecule has 1 fully saturated rings. The fraction of sp³-hybridized carbons (Fsp3) is 0.474. The molecule has 2 aromatic rings. The van der Waals surface area contributed by atoms with E-state index in [1.54, 1.807) is 12.1 Å². The van der Waals surface area contributed by atoms with Gasteiger partial charge in [0.1, 0.15) is 10.8 Å². The van der Waals surface area contributed by atoms with Gasteiger partial charge in [0.2, 0.25) is 5.01 Å². The van der Waals surface area contributed by atoms with Crippen LogP contribution in [-0.2, 0) is 0 Å². The van der Waals surface area contributed by atoms with Gasteiger partial charge in [-0.25, -0.2) is 9.18 Å². The molecule has 7 nitrogen and oxygen atoms in total. The van der Waals surface area contributed by atoms with E-state index in [9.17, 15) is 14.0 Å². The minimum absolute atomic E-state index is 0.0324. The Morgan fingerprint density at radius 1 is 1.29 bits per heavy atom. The third kappa shape index (κ3) is 4.83. The zero-order valence-electron chi connectivity index (χ0n) is 15.9. The monoisotopic (exact) mass is 405 g/mol. The summed E-state index contributed by atoms with van der Waals surface area (Å²) in [6, 6.07) is 6.11. The van der Waals surface area contributed by atoms with Gasteiger partial charge in [0, 0.05) is 25.0 Å². The molecule has 3 amide bonds. The van der Waals surface area contributed by atoms with E-state index in [0.29, 0.717) is 13.1 Å². The van der Waals surface area contributed by atoms with Gasteiger partial charge in [-0.3, -0.25) is 4.79 Å². The third-order valence-corrected chi connectivity index (χ3v) is 5.96. The largest absolute Gasteiger partial charge is 0.336 e. The highest BCUT2D eigenvalue weighted by molar-refractivity contribution is 7.13. The zero-order chi connectivity index (χ0) is 20.1. The molecule has 150 valence electrons. The van der Waals surface area contributed by atoms with Crippen LogP contribution < -0.4 is 10.6 Å². The molecule has 1 aliphatic rings. The van der Waals surface area contributed by atoms with Gasteiger partial charge in [0.15, 0.2) is 0 Å². The molecule has 0 aliphatic carbocycles. The van der Waals surface area contributed by atoms with Crippen molar-refractivity contribution in [2.75, 3.05) is 18.4 Å². The van der Waals surface area contributed by atoms with Gasteiger partial charge in [0.25, 0.3) is 5.91 Å². The van der Waals surface area contributed by atoms with Crippen LogP contribution in [0.1, 0.15) is 53.8 Å². The summed E-state index contributed by atoms with van der Waals surface area (Å²) >= 11 is 1.22. The normalized spacial score (nSPS) is 15.9. The van der Waals surface area contributed by atoms with Crippen LogP contribution in [0.3, 0.4) is 0 Å². The van der Waals surface area contributed by atoms with Crippen LogP contribution in [0.25, 0.3) is 0 Å². The SMILES string of the molecule is CCC(C)NC(=O)N1CCC(c2nnc(C(=O)Nc3ccccc3F)s2)CC1. The fourth-order valence-corrected chi connectivity index (χ4v) is 3.87. The fourth-order valence-electron chi connectivity index (χ4n) is 2.96. The van der Waals surface area contributed by atoms with Crippen LogP contribution in [0.4, 0.5) is 14.9 Å². The Labute approximate surface area is 167 Å². The summed E-state index contributed by atoms with van der Waals surface area (Å²) in [6.45, 7) is 5.30. The Bertz CT molecular complexity index is 835. The maximum absolute atomic E-state index is 13.7. The molecule has 2 N–H and O–H groups in total. The number of urea groups is 1. The second kappa shape index (κ2) is 9.09. The molecule has 1 aliphatic heterocycles. The highest BCUT2D eigenvalue weighted by Gasteiger charge is 2.27. The van der Waals surface area contributed by atoms with Crippen molar-refractivity contribution in [3.05, 3.63) is 40.1 Å². The first kappa shape index (κ1) is 20.2. The second-order valence-electron chi connectivity index (χ2n) is 6.90. The molecular weight excluding hydrogens is 381 g/mol. The molecule has 0 bridgehead atoms. The number of anilines is 1. The van der Waals surface area contributed by atoms with E-state index in [1.165, 1.54) is 23.5 Å². The quantitative estimate of drug-likeness (QED) is 0.795. The number of carbonyl (C=O) groups is 2. The second-order valence-corrected chi connectivity index (χ2v) is 7.91. The summed E-state index contributed by atoms with van der Waals surface area (Å²) in [7, 11) is 0. The third-order valence-electron chi connectivity index (χ3n) is 4.87. The van der Waals surface area contributed by atoms with Crippen molar-refractivity contribution in [2.24, 2.45) is 0 Å². The number of hydrogen-bond acceptors (Lipinski definition) is 5. The molecule has 1 atom stereocenters. The van der Waals surface area contributed by atoms with Crippen molar-refractivity contribution >= 4 is 29.0 Å². The van der Waals surface area contributed by atoms with Crippen LogP contribution in [0.2, 0.25) is 0 Å². The molecule has 1 aromatic heterocycles. The van der Waals surface area contributed by atoms with E-state index >= 15 is 0 Å². The number of nitrogens with one attached hydrogen (secondary N) is 2. The molecule has 1 aromatic carbocycles. The first-order valence-corrected chi connectivity index (χ1v) is 10.2. The molecular formula is C19H24FN5O2S. The lowest BCUT2D eigenvalue weighted by Gasteiger charge is -2.31. The minimum atomic E-state index is -0.497. The number of benzene rings is 1. The Morgan fingerprint density at radius 2 is 2.00 bits per heavy atom. The van der Waals surface area contributed by atoms with E-state index in [-0.39, 0.29) is 28.7 Å². The summed E-state index contributed by atoms with van der Waals surface area (Å²) < 4.78 is 13.7. The number of piperidine rings is 1. The van der Waals surface area contributed by atoms with Crippen LogP contribution in [0.15, 0.2) is 24.3 Å². The van der Waals surface area contributed by atoms with Crippen LogP contribution in [0.5, 0.6) is 0 Å². The molecule has 28 heavy (non-hydrogen) atoms. The van der Waals surface area contributed by atoms with Gasteiger partial charge in [-0.1, -0.05) is 30.4 Å². The van der Waals surface area contributed by atoms with Gasteiger partial charge < -0.3 is 15.5 Å². The van der Waals surface area contributed by atoms with E-state index in [4.69, 9.17) is 0 Å². The number of para-hydroxylation sites is 1. The molecule has 1 saturated heterocycles. The van der Waals surface area contributed by atoms with E-state index in [1.807, 2.05) is 18.7 Å². The summed E-state index contributed by atoms with van der Waals surface area (Å²) in [5, 5.41) is 14.6. The van der Waals surface area contributed by atoms with E-state index in [2.05, 4.69) is 20.8 Å². The number of nitrogens with zero attached hydrogens (tertiary/aromatic N) is 3. The molecule has 0 spiro atoms. The maximum atomic E-state index is 13.7. The van der Waals surface area contributed by atoms with Crippen molar-refractivity contribution in [2.45, 2.75) is 45.1 Å². The predicted octanol–water partition coefficient (Wildman–Crippen LogP) is 3.62. The molecule has 0 radical (unpaired) electrons. The van der Waals surface area contributed by atoms with Crippen LogP contribution in [-0.4, -0.2) is 46.2 Å². The molecule has 9 heteroatoms. The number of carbonyl (C=O) groups excluding carboxylic acids is 2. The smallest absolute Gasteiger partial charge is 0.317 e. The molecule has 3 rings (SSSR count). The minimum Gasteiger partial charge on any atom is -0.336 e. The number of likely N-dealkylation sites (tertiary alicyclic amines) is 1. The van der Waals surface area contributed by atoms with Crippen LogP contribution >= 0.6 is 11.3 Å². The van der Waals surface area contributed by atoms with Gasteiger partial charge in [-0.05, 0) is 38.3 Å². The van der Waals surface area contributed by atoms with E-state index in [0.717, 1.165) is 24.3 Å². The molecule has 2 heterocycles. The van der Waals surface area contributed by atoms with Crippen molar-refractivity contribution in [3.8, 4) is 0 Å². The highest BCUT2D eigenvalue weighted by atomic mass is 32.1. The lowest BCUT2D eigenvalue weighted by Crippen LogP contribution is -2.46. The predicted molar refractivity (Wildman–Crippen MR) is 106 cm³/mol. The highest BCUT2D eigenvalue weighted by Crippen LogP contribution is 2.30. The van der Waals surface area contributed by atoms with Gasteiger partial charge in [-0.15, -0.1) is 10.2 Å². The van der Waals surface area contributed by atoms with Crippen molar-refractivity contribution in [3.63, 3.8) is 0 Å². The van der Waals surface area contributed by atoms with Crippen molar-refractivity contribution in [1.29, 1.82) is 0 Å². The first-order chi connectivity index (χ1) is 13.5. The number of halogens is 1. The number of aromatic nitrogens is 2. The average molecular weight is 405 g/mol. The summed E-state index contributed by atoms with van der Waals surface area (Å²) in [5.74, 6) is -0.803. The number of rotatable bonds is 5. The Kier molecular flexibility index (Phi) is 6.56. The van der Waals surface area contributed by atoms with E-state index < -0.39 is 11.7 Å². The maximum Gasteiger partial charge on any atom is 0.317 e. The first-order valence-electron chi connectivity index (χ1n) is 9.42. The summed E-state index contributed by atoms with van der Waals surface area (Å²) in [4.78, 5) is 26.3. The standard InChI is InChI=1S/C19H24FN5O2S/c1-3-12(2)21-19(27)25-10-8-13(9-11-25)17-23-24-18(28-17)16(26)22-15-7-5-4-6-14(15)20/h4-7,12-13H,3,8-11H2,1-2H3,(H,21,27)(H,22,26). The number of hydrogen-bond donors (Lipinski definition) is 2.